The van der Waals surface area contributed by atoms with Gasteiger partial charge < -0.3 is 9.80 Å². The highest BCUT2D eigenvalue weighted by Gasteiger charge is 2.26. The number of rotatable bonds is 5. The molecule has 34 heavy (non-hydrogen) atoms. The van der Waals surface area contributed by atoms with E-state index in [2.05, 4.69) is 4.90 Å². The molecule has 0 saturated carbocycles. The lowest BCUT2D eigenvalue weighted by Gasteiger charge is -2.36. The molecule has 1 fully saturated rings. The van der Waals surface area contributed by atoms with Gasteiger partial charge in [0.15, 0.2) is 16.1 Å². The SMILES string of the molecule is CS(=O)(=O)c1ccc(-c2ccc(F)cc2)c(C(=O)N2CCN(c3ccc(C=O)c(Cl)c3)CC2)c1. The summed E-state index contributed by atoms with van der Waals surface area (Å²) in [5.74, 6) is -0.694. The highest BCUT2D eigenvalue weighted by atomic mass is 35.5. The molecule has 1 amide bonds. The Labute approximate surface area is 202 Å². The summed E-state index contributed by atoms with van der Waals surface area (Å²) in [7, 11) is -3.53. The quantitative estimate of drug-likeness (QED) is 0.488. The van der Waals surface area contributed by atoms with E-state index in [0.717, 1.165) is 11.9 Å². The fourth-order valence-corrected chi connectivity index (χ4v) is 4.83. The van der Waals surface area contributed by atoms with Crippen molar-refractivity contribution in [3.8, 4) is 11.1 Å². The number of piperazine rings is 1. The molecule has 0 unspecified atom stereocenters. The van der Waals surface area contributed by atoms with Gasteiger partial charge in [0.05, 0.1) is 9.92 Å². The van der Waals surface area contributed by atoms with E-state index in [1.54, 1.807) is 35.2 Å². The summed E-state index contributed by atoms with van der Waals surface area (Å²) in [6, 6.07) is 15.4. The van der Waals surface area contributed by atoms with Crippen LogP contribution in [0, 0.1) is 5.82 Å². The smallest absolute Gasteiger partial charge is 0.254 e. The molecule has 3 aromatic carbocycles. The number of hydrogen-bond acceptors (Lipinski definition) is 5. The number of hydrogen-bond donors (Lipinski definition) is 0. The maximum Gasteiger partial charge on any atom is 0.254 e. The van der Waals surface area contributed by atoms with Crippen LogP contribution < -0.4 is 4.90 Å². The highest BCUT2D eigenvalue weighted by Crippen LogP contribution is 2.29. The van der Waals surface area contributed by atoms with Gasteiger partial charge >= 0.3 is 0 Å². The molecule has 0 atom stereocenters. The summed E-state index contributed by atoms with van der Waals surface area (Å²) >= 11 is 6.15. The molecule has 3 aromatic rings. The first-order valence-corrected chi connectivity index (χ1v) is 12.8. The monoisotopic (exact) mass is 500 g/mol. The van der Waals surface area contributed by atoms with Crippen molar-refractivity contribution < 1.29 is 22.4 Å². The molecule has 0 spiro atoms. The molecule has 9 heteroatoms. The second kappa shape index (κ2) is 9.56. The molecular weight excluding hydrogens is 479 g/mol. The predicted molar refractivity (Wildman–Crippen MR) is 130 cm³/mol. The molecule has 0 radical (unpaired) electrons. The zero-order valence-corrected chi connectivity index (χ0v) is 19.9. The normalized spacial score (nSPS) is 14.2. The fraction of sp³-hybridized carbons (Fsp3) is 0.200. The van der Waals surface area contributed by atoms with Gasteiger partial charge in [0.1, 0.15) is 5.82 Å². The maximum absolute atomic E-state index is 13.5. The molecule has 0 aliphatic carbocycles. The Balaban J connectivity index is 1.60. The molecule has 6 nitrogen and oxygen atoms in total. The van der Waals surface area contributed by atoms with Crippen LogP contribution in [0.3, 0.4) is 0 Å². The topological polar surface area (TPSA) is 74.8 Å². The summed E-state index contributed by atoms with van der Waals surface area (Å²) in [6.45, 7) is 1.91. The van der Waals surface area contributed by atoms with Crippen LogP contribution in [0.25, 0.3) is 11.1 Å². The molecule has 1 saturated heterocycles. The Morgan fingerprint density at radius 3 is 2.24 bits per heavy atom. The number of carbonyl (C=O) groups is 2. The van der Waals surface area contributed by atoms with Crippen molar-refractivity contribution in [1.82, 2.24) is 4.90 Å². The third-order valence-corrected chi connectivity index (χ3v) is 7.29. The Kier molecular flexibility index (Phi) is 6.72. The number of aldehydes is 1. The van der Waals surface area contributed by atoms with E-state index in [1.807, 2.05) is 6.07 Å². The number of carbonyl (C=O) groups excluding carboxylic acids is 2. The zero-order valence-electron chi connectivity index (χ0n) is 18.4. The second-order valence-electron chi connectivity index (χ2n) is 8.09. The van der Waals surface area contributed by atoms with Gasteiger partial charge in [0, 0.05) is 49.2 Å². The lowest BCUT2D eigenvalue weighted by molar-refractivity contribution is 0.0747. The minimum Gasteiger partial charge on any atom is -0.368 e. The molecule has 1 aliphatic heterocycles. The maximum atomic E-state index is 13.5. The van der Waals surface area contributed by atoms with Crippen molar-refractivity contribution in [3.05, 3.63) is 82.6 Å². The largest absolute Gasteiger partial charge is 0.368 e. The van der Waals surface area contributed by atoms with Crippen molar-refractivity contribution >= 4 is 39.3 Å². The van der Waals surface area contributed by atoms with Crippen LogP contribution >= 0.6 is 11.6 Å². The van der Waals surface area contributed by atoms with E-state index in [4.69, 9.17) is 11.6 Å². The standard InChI is InChI=1S/C25H22ClFN2O4S/c1-34(32,33)21-8-9-22(17-2-5-19(27)6-3-17)23(15-21)25(31)29-12-10-28(11-13-29)20-7-4-18(16-30)24(26)14-20/h2-9,14-16H,10-13H2,1H3. The molecule has 4 rings (SSSR count). The van der Waals surface area contributed by atoms with Crippen LogP contribution in [0.15, 0.2) is 65.6 Å². The summed E-state index contributed by atoms with van der Waals surface area (Å²) in [6.07, 6.45) is 1.79. The Morgan fingerprint density at radius 1 is 0.971 bits per heavy atom. The Bertz CT molecular complexity index is 1350. The van der Waals surface area contributed by atoms with Gasteiger partial charge in [-0.1, -0.05) is 29.8 Å². The number of benzene rings is 3. The third kappa shape index (κ3) is 4.98. The van der Waals surface area contributed by atoms with Crippen molar-refractivity contribution in [2.75, 3.05) is 37.3 Å². The Hall–Kier alpha value is -3.23. The summed E-state index contributed by atoms with van der Waals surface area (Å²) in [5.41, 5.74) is 2.68. The van der Waals surface area contributed by atoms with Gasteiger partial charge in [-0.15, -0.1) is 0 Å². The van der Waals surface area contributed by atoms with Crippen LogP contribution in [-0.4, -0.2) is 57.9 Å². The van der Waals surface area contributed by atoms with E-state index in [1.165, 1.54) is 24.3 Å². The summed E-state index contributed by atoms with van der Waals surface area (Å²) < 4.78 is 37.7. The number of nitrogens with zero attached hydrogens (tertiary/aromatic N) is 2. The molecule has 0 N–H and O–H groups in total. The average molecular weight is 501 g/mol. The fourth-order valence-electron chi connectivity index (χ4n) is 3.96. The van der Waals surface area contributed by atoms with Crippen molar-refractivity contribution in [1.29, 1.82) is 0 Å². The Morgan fingerprint density at radius 2 is 1.65 bits per heavy atom. The van der Waals surface area contributed by atoms with Crippen molar-refractivity contribution in [2.24, 2.45) is 0 Å². The predicted octanol–water partition coefficient (Wildman–Crippen LogP) is 4.32. The van der Waals surface area contributed by atoms with E-state index in [9.17, 15) is 22.4 Å². The first-order valence-electron chi connectivity index (χ1n) is 10.6. The number of amides is 1. The van der Waals surface area contributed by atoms with Crippen molar-refractivity contribution in [3.63, 3.8) is 0 Å². The van der Waals surface area contributed by atoms with Gasteiger partial charge in [-0.05, 0) is 53.6 Å². The van der Waals surface area contributed by atoms with E-state index in [0.29, 0.717) is 54.2 Å². The number of sulfone groups is 1. The molecule has 176 valence electrons. The van der Waals surface area contributed by atoms with E-state index in [-0.39, 0.29) is 16.4 Å². The molecule has 1 heterocycles. The first kappa shape index (κ1) is 23.9. The molecule has 0 aromatic heterocycles. The zero-order chi connectivity index (χ0) is 24.5. The highest BCUT2D eigenvalue weighted by molar-refractivity contribution is 7.90. The van der Waals surface area contributed by atoms with Gasteiger partial charge in [-0.3, -0.25) is 9.59 Å². The minimum atomic E-state index is -3.53. The summed E-state index contributed by atoms with van der Waals surface area (Å²) in [5, 5.41) is 0.368. The van der Waals surface area contributed by atoms with Crippen LogP contribution in [0.5, 0.6) is 0 Å². The van der Waals surface area contributed by atoms with Crippen LogP contribution in [0.2, 0.25) is 5.02 Å². The second-order valence-corrected chi connectivity index (χ2v) is 10.5. The van der Waals surface area contributed by atoms with Crippen LogP contribution in [-0.2, 0) is 9.84 Å². The first-order chi connectivity index (χ1) is 16.2. The van der Waals surface area contributed by atoms with E-state index < -0.39 is 15.7 Å². The lowest BCUT2D eigenvalue weighted by atomic mass is 9.98. The summed E-state index contributed by atoms with van der Waals surface area (Å²) in [4.78, 5) is 28.3. The number of halogens is 2. The third-order valence-electron chi connectivity index (χ3n) is 5.85. The van der Waals surface area contributed by atoms with Crippen LogP contribution in [0.1, 0.15) is 20.7 Å². The van der Waals surface area contributed by atoms with Crippen molar-refractivity contribution in [2.45, 2.75) is 4.90 Å². The molecular formula is C25H22ClFN2O4S. The van der Waals surface area contributed by atoms with E-state index >= 15 is 0 Å². The molecule has 0 bridgehead atoms. The van der Waals surface area contributed by atoms with Crippen LogP contribution in [0.4, 0.5) is 10.1 Å². The molecule has 1 aliphatic rings. The van der Waals surface area contributed by atoms with Gasteiger partial charge in [0.2, 0.25) is 0 Å². The van der Waals surface area contributed by atoms with Gasteiger partial charge in [-0.25, -0.2) is 12.8 Å². The van der Waals surface area contributed by atoms with Gasteiger partial charge in [0.25, 0.3) is 5.91 Å². The lowest BCUT2D eigenvalue weighted by Crippen LogP contribution is -2.49. The van der Waals surface area contributed by atoms with Gasteiger partial charge in [-0.2, -0.15) is 0 Å². The average Bonchev–Trinajstić information content (AvgIpc) is 2.83. The minimum absolute atomic E-state index is 0.0465. The number of anilines is 1.